The first-order valence-corrected chi connectivity index (χ1v) is 6.97. The summed E-state index contributed by atoms with van der Waals surface area (Å²) in [7, 11) is 1.83. The van der Waals surface area contributed by atoms with E-state index >= 15 is 0 Å². The predicted molar refractivity (Wildman–Crippen MR) is 76.5 cm³/mol. The number of anilines is 1. The standard InChI is InChI=1S/C12H15ClN2O2S/c1-4-16-8-6-7(13)9-11(10(8)17-5-2)18-12(14-3)15-9/h6H,4-5H2,1-3H3,(H,14,15). The fourth-order valence-corrected chi connectivity index (χ4v) is 2.88. The Morgan fingerprint density at radius 2 is 2.06 bits per heavy atom. The minimum Gasteiger partial charge on any atom is -0.490 e. The van der Waals surface area contributed by atoms with Crippen molar-refractivity contribution < 1.29 is 9.47 Å². The third kappa shape index (κ3) is 2.33. The van der Waals surface area contributed by atoms with Gasteiger partial charge in [-0.05, 0) is 13.8 Å². The van der Waals surface area contributed by atoms with Crippen molar-refractivity contribution in [2.75, 3.05) is 25.6 Å². The van der Waals surface area contributed by atoms with Crippen molar-refractivity contribution in [1.29, 1.82) is 0 Å². The van der Waals surface area contributed by atoms with Crippen LogP contribution in [0, 0.1) is 0 Å². The van der Waals surface area contributed by atoms with Crippen LogP contribution in [0.1, 0.15) is 13.8 Å². The van der Waals surface area contributed by atoms with E-state index in [-0.39, 0.29) is 0 Å². The minimum absolute atomic E-state index is 0.569. The molecule has 2 aromatic rings. The number of thiazole rings is 1. The average Bonchev–Trinajstić information content (AvgIpc) is 2.79. The molecule has 1 aromatic carbocycles. The Hall–Kier alpha value is -1.20. The van der Waals surface area contributed by atoms with Gasteiger partial charge in [-0.15, -0.1) is 0 Å². The normalized spacial score (nSPS) is 10.7. The third-order valence-electron chi connectivity index (χ3n) is 2.34. The lowest BCUT2D eigenvalue weighted by molar-refractivity contribution is 0.291. The van der Waals surface area contributed by atoms with Gasteiger partial charge in [-0.2, -0.15) is 0 Å². The van der Waals surface area contributed by atoms with Crippen molar-refractivity contribution in [3.63, 3.8) is 0 Å². The molecule has 18 heavy (non-hydrogen) atoms. The lowest BCUT2D eigenvalue weighted by Crippen LogP contribution is -1.98. The summed E-state index contributed by atoms with van der Waals surface area (Å²) in [5, 5.41) is 4.40. The SMILES string of the molecule is CCOc1cc(Cl)c2nc(NC)sc2c1OCC. The highest BCUT2D eigenvalue weighted by Gasteiger charge is 2.17. The molecule has 0 bridgehead atoms. The zero-order valence-corrected chi connectivity index (χ0v) is 12.1. The Morgan fingerprint density at radius 3 is 2.67 bits per heavy atom. The first-order valence-electron chi connectivity index (χ1n) is 5.77. The van der Waals surface area contributed by atoms with Gasteiger partial charge in [-0.3, -0.25) is 0 Å². The molecule has 0 saturated carbocycles. The number of ether oxygens (including phenoxy) is 2. The van der Waals surface area contributed by atoms with Gasteiger partial charge in [0, 0.05) is 13.1 Å². The summed E-state index contributed by atoms with van der Waals surface area (Å²) in [5.74, 6) is 1.39. The molecule has 0 aliphatic carbocycles. The van der Waals surface area contributed by atoms with Gasteiger partial charge in [-0.25, -0.2) is 4.98 Å². The molecular formula is C12H15ClN2O2S. The number of aromatic nitrogens is 1. The van der Waals surface area contributed by atoms with Crippen LogP contribution in [0.25, 0.3) is 10.2 Å². The topological polar surface area (TPSA) is 43.4 Å². The number of halogens is 1. The number of hydrogen-bond acceptors (Lipinski definition) is 5. The van der Waals surface area contributed by atoms with Crippen LogP contribution >= 0.6 is 22.9 Å². The molecule has 98 valence electrons. The number of nitrogens with zero attached hydrogens (tertiary/aromatic N) is 1. The predicted octanol–water partition coefficient (Wildman–Crippen LogP) is 3.79. The summed E-state index contributed by atoms with van der Waals surface area (Å²) in [6, 6.07) is 1.76. The Balaban J connectivity index is 2.66. The zero-order valence-electron chi connectivity index (χ0n) is 10.5. The average molecular weight is 287 g/mol. The first-order chi connectivity index (χ1) is 8.71. The molecule has 0 atom stereocenters. The number of fused-ring (bicyclic) bond motifs is 1. The summed E-state index contributed by atoms with van der Waals surface area (Å²) >= 11 is 7.73. The molecule has 4 nitrogen and oxygen atoms in total. The summed E-state index contributed by atoms with van der Waals surface area (Å²) in [6.07, 6.45) is 0. The van der Waals surface area contributed by atoms with E-state index in [1.54, 1.807) is 6.07 Å². The lowest BCUT2D eigenvalue weighted by atomic mass is 10.3. The quantitative estimate of drug-likeness (QED) is 0.908. The van der Waals surface area contributed by atoms with Crippen LogP contribution < -0.4 is 14.8 Å². The molecule has 0 saturated heterocycles. The van der Waals surface area contributed by atoms with Crippen LogP contribution in [0.15, 0.2) is 6.07 Å². The van der Waals surface area contributed by atoms with Crippen LogP contribution in [0.4, 0.5) is 5.13 Å². The maximum absolute atomic E-state index is 6.22. The molecule has 0 spiro atoms. The highest BCUT2D eigenvalue weighted by molar-refractivity contribution is 7.22. The van der Waals surface area contributed by atoms with Crippen molar-refractivity contribution >= 4 is 38.3 Å². The molecule has 2 rings (SSSR count). The Bertz CT molecular complexity index is 556. The highest BCUT2D eigenvalue weighted by atomic mass is 35.5. The van der Waals surface area contributed by atoms with E-state index in [1.807, 2.05) is 20.9 Å². The lowest BCUT2D eigenvalue weighted by Gasteiger charge is -2.11. The maximum Gasteiger partial charge on any atom is 0.183 e. The Kier molecular flexibility index (Phi) is 4.14. The van der Waals surface area contributed by atoms with Gasteiger partial charge >= 0.3 is 0 Å². The van der Waals surface area contributed by atoms with Gasteiger partial charge in [0.2, 0.25) is 0 Å². The van der Waals surface area contributed by atoms with E-state index < -0.39 is 0 Å². The Morgan fingerprint density at radius 1 is 1.33 bits per heavy atom. The molecular weight excluding hydrogens is 272 g/mol. The molecule has 0 amide bonds. The second-order valence-electron chi connectivity index (χ2n) is 3.50. The van der Waals surface area contributed by atoms with Crippen molar-refractivity contribution in [3.8, 4) is 11.5 Å². The zero-order chi connectivity index (χ0) is 13.1. The molecule has 0 fully saturated rings. The summed E-state index contributed by atoms with van der Waals surface area (Å²) in [6.45, 7) is 5.01. The monoisotopic (exact) mass is 286 g/mol. The molecule has 1 aromatic heterocycles. The second kappa shape index (κ2) is 5.63. The molecule has 1 N–H and O–H groups in total. The highest BCUT2D eigenvalue weighted by Crippen LogP contribution is 2.44. The van der Waals surface area contributed by atoms with Gasteiger partial charge in [0.05, 0.1) is 18.2 Å². The molecule has 6 heteroatoms. The van der Waals surface area contributed by atoms with E-state index in [9.17, 15) is 0 Å². The molecule has 1 heterocycles. The van der Waals surface area contributed by atoms with Gasteiger partial charge < -0.3 is 14.8 Å². The summed E-state index contributed by atoms with van der Waals surface area (Å²) in [4.78, 5) is 4.41. The largest absolute Gasteiger partial charge is 0.490 e. The van der Waals surface area contributed by atoms with Gasteiger partial charge in [0.15, 0.2) is 16.6 Å². The molecule has 0 unspecified atom stereocenters. The maximum atomic E-state index is 6.22. The van der Waals surface area contributed by atoms with Crippen LogP contribution in [-0.2, 0) is 0 Å². The smallest absolute Gasteiger partial charge is 0.183 e. The van der Waals surface area contributed by atoms with Gasteiger partial charge in [0.25, 0.3) is 0 Å². The molecule has 0 radical (unpaired) electrons. The molecule has 0 aliphatic rings. The van der Waals surface area contributed by atoms with E-state index in [4.69, 9.17) is 21.1 Å². The van der Waals surface area contributed by atoms with E-state index in [0.717, 1.165) is 21.1 Å². The van der Waals surface area contributed by atoms with E-state index in [1.165, 1.54) is 11.3 Å². The number of hydrogen-bond donors (Lipinski definition) is 1. The first kappa shape index (κ1) is 13.2. The van der Waals surface area contributed by atoms with Crippen LogP contribution in [0.3, 0.4) is 0 Å². The van der Waals surface area contributed by atoms with E-state index in [0.29, 0.717) is 24.0 Å². The van der Waals surface area contributed by atoms with Crippen LogP contribution in [0.5, 0.6) is 11.5 Å². The summed E-state index contributed by atoms with van der Waals surface area (Å²) in [5.41, 5.74) is 0.748. The van der Waals surface area contributed by atoms with Crippen molar-refractivity contribution in [2.24, 2.45) is 0 Å². The van der Waals surface area contributed by atoms with E-state index in [2.05, 4.69) is 10.3 Å². The van der Waals surface area contributed by atoms with Crippen molar-refractivity contribution in [3.05, 3.63) is 11.1 Å². The van der Waals surface area contributed by atoms with Crippen LogP contribution in [-0.4, -0.2) is 25.2 Å². The number of rotatable bonds is 5. The number of benzene rings is 1. The van der Waals surface area contributed by atoms with Crippen molar-refractivity contribution in [1.82, 2.24) is 4.98 Å². The fraction of sp³-hybridized carbons (Fsp3) is 0.417. The minimum atomic E-state index is 0.569. The van der Waals surface area contributed by atoms with Crippen LogP contribution in [0.2, 0.25) is 5.02 Å². The summed E-state index contributed by atoms with van der Waals surface area (Å²) < 4.78 is 12.2. The van der Waals surface area contributed by atoms with Crippen molar-refractivity contribution in [2.45, 2.75) is 13.8 Å². The third-order valence-corrected chi connectivity index (χ3v) is 3.70. The molecule has 0 aliphatic heterocycles. The van der Waals surface area contributed by atoms with Gasteiger partial charge in [0.1, 0.15) is 10.2 Å². The fourth-order valence-electron chi connectivity index (χ4n) is 1.65. The number of nitrogens with one attached hydrogen (secondary N) is 1. The van der Waals surface area contributed by atoms with Gasteiger partial charge in [-0.1, -0.05) is 22.9 Å². The Labute approximate surface area is 115 Å². The second-order valence-corrected chi connectivity index (χ2v) is 4.90.